The summed E-state index contributed by atoms with van der Waals surface area (Å²) in [6.07, 6.45) is 4.22. The largest absolute Gasteiger partial charge is 0.381 e. The molecule has 2 unspecified atom stereocenters. The van der Waals surface area contributed by atoms with Gasteiger partial charge >= 0.3 is 0 Å². The van der Waals surface area contributed by atoms with Crippen molar-refractivity contribution in [1.82, 2.24) is 9.88 Å². The van der Waals surface area contributed by atoms with Crippen molar-refractivity contribution in [3.8, 4) is 0 Å². The Balaban J connectivity index is 1.78. The monoisotopic (exact) mass is 280 g/mol. The van der Waals surface area contributed by atoms with Gasteiger partial charge in [-0.25, -0.2) is 4.98 Å². The average molecular weight is 280 g/mol. The number of rotatable bonds is 2. The SMILES string of the molecule is Cc1csc(C2CCCCN2C(=O)C2CCOC2)n1. The standard InChI is InChI=1S/C14H20N2O2S/c1-10-9-19-13(15-10)12-4-2-3-6-16(12)14(17)11-5-7-18-8-11/h9,11-12H,2-8H2,1H3. The number of hydrogen-bond donors (Lipinski definition) is 0. The van der Waals surface area contributed by atoms with E-state index >= 15 is 0 Å². The third kappa shape index (κ3) is 2.67. The highest BCUT2D eigenvalue weighted by molar-refractivity contribution is 7.09. The molecule has 3 rings (SSSR count). The molecule has 2 aliphatic heterocycles. The van der Waals surface area contributed by atoms with E-state index in [1.165, 1.54) is 6.42 Å². The minimum Gasteiger partial charge on any atom is -0.381 e. The molecular formula is C14H20N2O2S. The summed E-state index contributed by atoms with van der Waals surface area (Å²) in [7, 11) is 0. The second kappa shape index (κ2) is 5.59. The van der Waals surface area contributed by atoms with Gasteiger partial charge < -0.3 is 9.64 Å². The molecule has 3 heterocycles. The summed E-state index contributed by atoms with van der Waals surface area (Å²) in [5.41, 5.74) is 1.06. The van der Waals surface area contributed by atoms with Gasteiger partial charge in [0.1, 0.15) is 5.01 Å². The van der Waals surface area contributed by atoms with E-state index in [4.69, 9.17) is 4.74 Å². The van der Waals surface area contributed by atoms with Crippen LogP contribution >= 0.6 is 11.3 Å². The first-order chi connectivity index (χ1) is 9.25. The Bertz CT molecular complexity index is 454. The molecule has 2 fully saturated rings. The van der Waals surface area contributed by atoms with Crippen molar-refractivity contribution < 1.29 is 9.53 Å². The lowest BCUT2D eigenvalue weighted by Crippen LogP contribution is -2.42. The molecule has 0 saturated carbocycles. The van der Waals surface area contributed by atoms with Crippen molar-refractivity contribution in [1.29, 1.82) is 0 Å². The van der Waals surface area contributed by atoms with Crippen LogP contribution in [0.15, 0.2) is 5.38 Å². The Hall–Kier alpha value is -0.940. The van der Waals surface area contributed by atoms with Gasteiger partial charge in [-0.2, -0.15) is 0 Å². The summed E-state index contributed by atoms with van der Waals surface area (Å²) in [4.78, 5) is 19.3. The molecule has 1 aromatic heterocycles. The minimum atomic E-state index is 0.0710. The van der Waals surface area contributed by atoms with Crippen LogP contribution in [0.3, 0.4) is 0 Å². The fourth-order valence-electron chi connectivity index (χ4n) is 2.94. The molecule has 4 nitrogen and oxygen atoms in total. The lowest BCUT2D eigenvalue weighted by atomic mass is 9.99. The molecule has 0 aliphatic carbocycles. The van der Waals surface area contributed by atoms with Crippen molar-refractivity contribution in [3.63, 3.8) is 0 Å². The molecule has 2 aliphatic rings. The average Bonchev–Trinajstić information content (AvgIpc) is 3.09. The quantitative estimate of drug-likeness (QED) is 0.836. The number of aryl methyl sites for hydroxylation is 1. The van der Waals surface area contributed by atoms with Crippen molar-refractivity contribution >= 4 is 17.2 Å². The Morgan fingerprint density at radius 3 is 3.05 bits per heavy atom. The fourth-order valence-corrected chi connectivity index (χ4v) is 3.88. The number of piperidine rings is 1. The first kappa shape index (κ1) is 13.1. The second-order valence-electron chi connectivity index (χ2n) is 5.43. The van der Waals surface area contributed by atoms with Gasteiger partial charge in [0.2, 0.25) is 5.91 Å². The zero-order chi connectivity index (χ0) is 13.2. The lowest BCUT2D eigenvalue weighted by molar-refractivity contribution is -0.139. The van der Waals surface area contributed by atoms with Crippen LogP contribution < -0.4 is 0 Å². The summed E-state index contributed by atoms with van der Waals surface area (Å²) < 4.78 is 5.35. The zero-order valence-electron chi connectivity index (χ0n) is 11.3. The van der Waals surface area contributed by atoms with Crippen LogP contribution in [0.4, 0.5) is 0 Å². The first-order valence-corrected chi connectivity index (χ1v) is 7.94. The van der Waals surface area contributed by atoms with Gasteiger partial charge in [0.05, 0.1) is 18.6 Å². The summed E-state index contributed by atoms with van der Waals surface area (Å²) in [5, 5.41) is 3.18. The van der Waals surface area contributed by atoms with Crippen LogP contribution in [0.2, 0.25) is 0 Å². The number of nitrogens with zero attached hydrogens (tertiary/aromatic N) is 2. The molecule has 1 aromatic rings. The second-order valence-corrected chi connectivity index (χ2v) is 6.32. The van der Waals surface area contributed by atoms with Crippen LogP contribution in [-0.4, -0.2) is 35.5 Å². The molecule has 1 amide bonds. The van der Waals surface area contributed by atoms with E-state index < -0.39 is 0 Å². The summed E-state index contributed by atoms with van der Waals surface area (Å²) in [6.45, 7) is 4.21. The number of carbonyl (C=O) groups excluding carboxylic acids is 1. The topological polar surface area (TPSA) is 42.4 Å². The first-order valence-electron chi connectivity index (χ1n) is 7.06. The maximum Gasteiger partial charge on any atom is 0.228 e. The summed E-state index contributed by atoms with van der Waals surface area (Å²) >= 11 is 1.68. The van der Waals surface area contributed by atoms with Gasteiger partial charge in [-0.3, -0.25) is 4.79 Å². The number of hydrogen-bond acceptors (Lipinski definition) is 4. The molecular weight excluding hydrogens is 260 g/mol. The van der Waals surface area contributed by atoms with E-state index in [1.807, 2.05) is 6.92 Å². The number of likely N-dealkylation sites (tertiary alicyclic amines) is 1. The van der Waals surface area contributed by atoms with Gasteiger partial charge in [0.15, 0.2) is 0 Å². The van der Waals surface area contributed by atoms with E-state index in [-0.39, 0.29) is 17.9 Å². The van der Waals surface area contributed by atoms with E-state index in [1.54, 1.807) is 11.3 Å². The third-order valence-electron chi connectivity index (χ3n) is 3.99. The fraction of sp³-hybridized carbons (Fsp3) is 0.714. The third-order valence-corrected chi connectivity index (χ3v) is 5.05. The zero-order valence-corrected chi connectivity index (χ0v) is 12.1. The van der Waals surface area contributed by atoms with E-state index in [0.717, 1.165) is 43.1 Å². The van der Waals surface area contributed by atoms with E-state index in [0.29, 0.717) is 6.61 Å². The Kier molecular flexibility index (Phi) is 3.84. The molecule has 0 bridgehead atoms. The lowest BCUT2D eigenvalue weighted by Gasteiger charge is -2.36. The number of amides is 1. The molecule has 2 atom stereocenters. The van der Waals surface area contributed by atoms with Crippen molar-refractivity contribution in [2.75, 3.05) is 19.8 Å². The molecule has 5 heteroatoms. The van der Waals surface area contributed by atoms with Crippen LogP contribution in [0, 0.1) is 12.8 Å². The van der Waals surface area contributed by atoms with Crippen LogP contribution in [-0.2, 0) is 9.53 Å². The summed E-state index contributed by atoms with van der Waals surface area (Å²) in [5.74, 6) is 0.344. The molecule has 0 N–H and O–H groups in total. The number of aromatic nitrogens is 1. The van der Waals surface area contributed by atoms with Gasteiger partial charge in [0.25, 0.3) is 0 Å². The number of ether oxygens (including phenoxy) is 1. The number of thiazole rings is 1. The van der Waals surface area contributed by atoms with Crippen molar-refractivity contribution in [2.45, 2.75) is 38.6 Å². The highest BCUT2D eigenvalue weighted by Crippen LogP contribution is 2.34. The van der Waals surface area contributed by atoms with Crippen molar-refractivity contribution in [2.24, 2.45) is 5.92 Å². The smallest absolute Gasteiger partial charge is 0.228 e. The maximum atomic E-state index is 12.6. The number of carbonyl (C=O) groups is 1. The molecule has 2 saturated heterocycles. The summed E-state index contributed by atoms with van der Waals surface area (Å²) in [6, 6.07) is 0.195. The minimum absolute atomic E-state index is 0.0710. The Morgan fingerprint density at radius 1 is 1.47 bits per heavy atom. The van der Waals surface area contributed by atoms with Crippen LogP contribution in [0.25, 0.3) is 0 Å². The normalized spacial score (nSPS) is 27.7. The van der Waals surface area contributed by atoms with Gasteiger partial charge in [-0.05, 0) is 32.6 Å². The van der Waals surface area contributed by atoms with Gasteiger partial charge in [-0.1, -0.05) is 0 Å². The molecule has 19 heavy (non-hydrogen) atoms. The predicted octanol–water partition coefficient (Wildman–Crippen LogP) is 2.54. The predicted molar refractivity (Wildman–Crippen MR) is 74.1 cm³/mol. The van der Waals surface area contributed by atoms with Gasteiger partial charge in [0, 0.05) is 24.2 Å². The highest BCUT2D eigenvalue weighted by Gasteiger charge is 2.35. The van der Waals surface area contributed by atoms with Crippen LogP contribution in [0.5, 0.6) is 0 Å². The molecule has 104 valence electrons. The van der Waals surface area contributed by atoms with Gasteiger partial charge in [-0.15, -0.1) is 11.3 Å². The molecule has 0 aromatic carbocycles. The Morgan fingerprint density at radius 2 is 2.37 bits per heavy atom. The molecule has 0 spiro atoms. The van der Waals surface area contributed by atoms with E-state index in [2.05, 4.69) is 15.3 Å². The van der Waals surface area contributed by atoms with Crippen molar-refractivity contribution in [3.05, 3.63) is 16.1 Å². The Labute approximate surface area is 117 Å². The molecule has 0 radical (unpaired) electrons. The maximum absolute atomic E-state index is 12.6. The van der Waals surface area contributed by atoms with Crippen LogP contribution in [0.1, 0.15) is 42.4 Å². The van der Waals surface area contributed by atoms with E-state index in [9.17, 15) is 4.79 Å². The highest BCUT2D eigenvalue weighted by atomic mass is 32.1.